The maximum atomic E-state index is 13.6. The third kappa shape index (κ3) is 6.53. The Kier molecular flexibility index (Phi) is 8.40. The van der Waals surface area contributed by atoms with Gasteiger partial charge >= 0.3 is 0 Å². The maximum Gasteiger partial charge on any atom is 0.142 e. The fourth-order valence-corrected chi connectivity index (χ4v) is 1.42. The Morgan fingerprint density at radius 2 is 2.05 bits per heavy atom. The van der Waals surface area contributed by atoms with Crippen LogP contribution in [0.1, 0.15) is 12.0 Å². The Morgan fingerprint density at radius 3 is 2.75 bits per heavy atom. The molecule has 1 aromatic carbocycles. The topological polar surface area (TPSA) is 47.9 Å². The highest BCUT2D eigenvalue weighted by atomic mass is 19.1. The highest BCUT2D eigenvalue weighted by molar-refractivity contribution is 5.39. The van der Waals surface area contributed by atoms with Crippen LogP contribution in [0.25, 0.3) is 0 Å². The molecular weight excluding hydrogens is 263 g/mol. The van der Waals surface area contributed by atoms with Gasteiger partial charge in [0.25, 0.3) is 0 Å². The van der Waals surface area contributed by atoms with E-state index in [0.717, 1.165) is 6.42 Å². The first-order valence-electron chi connectivity index (χ1n) is 6.36. The molecule has 1 rings (SSSR count). The minimum atomic E-state index is -0.459. The van der Waals surface area contributed by atoms with E-state index in [1.54, 1.807) is 13.2 Å². The summed E-state index contributed by atoms with van der Waals surface area (Å²) in [5.41, 5.74) is 0.245. The van der Waals surface area contributed by atoms with E-state index >= 15 is 0 Å². The van der Waals surface area contributed by atoms with Crippen molar-refractivity contribution >= 4 is 0 Å². The Balaban J connectivity index is 2.29. The molecule has 0 aromatic heterocycles. The van der Waals surface area contributed by atoms with Crippen LogP contribution in [0.5, 0.6) is 5.75 Å². The van der Waals surface area contributed by atoms with Crippen LogP contribution in [-0.4, -0.2) is 45.3 Å². The summed E-state index contributed by atoms with van der Waals surface area (Å²) in [6, 6.07) is 4.46. The number of rotatable bonds is 8. The van der Waals surface area contributed by atoms with Gasteiger partial charge in [-0.25, -0.2) is 4.39 Å². The van der Waals surface area contributed by atoms with Crippen LogP contribution in [0.2, 0.25) is 0 Å². The van der Waals surface area contributed by atoms with E-state index in [0.29, 0.717) is 32.2 Å². The Labute approximate surface area is 118 Å². The SMILES string of the molecule is COCCOCCCOc1ccc(C#CCO)c(F)c1. The monoisotopic (exact) mass is 282 g/mol. The summed E-state index contributed by atoms with van der Waals surface area (Å²) < 4.78 is 29.1. The van der Waals surface area contributed by atoms with E-state index in [4.69, 9.17) is 19.3 Å². The number of benzene rings is 1. The van der Waals surface area contributed by atoms with Gasteiger partial charge in [0, 0.05) is 26.2 Å². The molecule has 0 unspecified atom stereocenters. The lowest BCUT2D eigenvalue weighted by Gasteiger charge is -2.07. The lowest BCUT2D eigenvalue weighted by atomic mass is 10.2. The fraction of sp³-hybridized carbons (Fsp3) is 0.467. The van der Waals surface area contributed by atoms with Gasteiger partial charge in [0.1, 0.15) is 18.2 Å². The number of hydrogen-bond donors (Lipinski definition) is 1. The van der Waals surface area contributed by atoms with Crippen molar-refractivity contribution < 1.29 is 23.7 Å². The van der Waals surface area contributed by atoms with Crippen LogP contribution in [0.15, 0.2) is 18.2 Å². The second kappa shape index (κ2) is 10.2. The van der Waals surface area contributed by atoms with Crippen molar-refractivity contribution in [2.45, 2.75) is 6.42 Å². The molecule has 0 bridgehead atoms. The maximum absolute atomic E-state index is 13.6. The predicted molar refractivity (Wildman–Crippen MR) is 73.2 cm³/mol. The molecule has 0 radical (unpaired) electrons. The molecule has 0 saturated carbocycles. The number of methoxy groups -OCH3 is 1. The molecular formula is C15H19FO4. The molecule has 0 saturated heterocycles. The van der Waals surface area contributed by atoms with E-state index < -0.39 is 5.82 Å². The van der Waals surface area contributed by atoms with Crippen LogP contribution in [-0.2, 0) is 9.47 Å². The molecule has 5 heteroatoms. The largest absolute Gasteiger partial charge is 0.493 e. The first kappa shape index (κ1) is 16.4. The molecule has 0 aliphatic heterocycles. The molecule has 1 aromatic rings. The molecule has 0 spiro atoms. The Hall–Kier alpha value is -1.61. The van der Waals surface area contributed by atoms with Gasteiger partial charge in [-0.2, -0.15) is 0 Å². The van der Waals surface area contributed by atoms with Crippen molar-refractivity contribution in [1.29, 1.82) is 0 Å². The van der Waals surface area contributed by atoms with Crippen molar-refractivity contribution in [3.8, 4) is 17.6 Å². The molecule has 0 atom stereocenters. The van der Waals surface area contributed by atoms with Crippen LogP contribution in [0, 0.1) is 17.7 Å². The lowest BCUT2D eigenvalue weighted by Crippen LogP contribution is -2.06. The summed E-state index contributed by atoms with van der Waals surface area (Å²) in [5.74, 6) is 4.92. The van der Waals surface area contributed by atoms with Crippen molar-refractivity contribution in [1.82, 2.24) is 0 Å². The Bertz CT molecular complexity index is 451. The van der Waals surface area contributed by atoms with Crippen LogP contribution >= 0.6 is 0 Å². The van der Waals surface area contributed by atoms with E-state index in [-0.39, 0.29) is 12.2 Å². The van der Waals surface area contributed by atoms with Gasteiger partial charge in [0.2, 0.25) is 0 Å². The average Bonchev–Trinajstić information content (AvgIpc) is 2.45. The summed E-state index contributed by atoms with van der Waals surface area (Å²) in [7, 11) is 1.62. The molecule has 0 fully saturated rings. The standard InChI is InChI=1S/C15H19FO4/c1-18-10-11-19-8-3-9-20-14-6-5-13(4-2-7-17)15(16)12-14/h5-6,12,17H,3,7-11H2,1H3. The number of aliphatic hydroxyl groups excluding tert-OH is 1. The number of hydrogen-bond acceptors (Lipinski definition) is 4. The molecule has 20 heavy (non-hydrogen) atoms. The minimum Gasteiger partial charge on any atom is -0.493 e. The van der Waals surface area contributed by atoms with Crippen molar-refractivity contribution in [2.24, 2.45) is 0 Å². The number of ether oxygens (including phenoxy) is 3. The van der Waals surface area contributed by atoms with Crippen molar-refractivity contribution in [2.75, 3.05) is 40.1 Å². The number of halogens is 1. The highest BCUT2D eigenvalue weighted by Crippen LogP contribution is 2.16. The quantitative estimate of drug-likeness (QED) is 0.581. The smallest absolute Gasteiger partial charge is 0.142 e. The molecule has 1 N–H and O–H groups in total. The molecule has 110 valence electrons. The van der Waals surface area contributed by atoms with E-state index in [1.807, 2.05) is 0 Å². The summed E-state index contributed by atoms with van der Waals surface area (Å²) in [5, 5.41) is 8.55. The minimum absolute atomic E-state index is 0.245. The molecule has 0 amide bonds. The zero-order valence-corrected chi connectivity index (χ0v) is 11.5. The third-order valence-corrected chi connectivity index (χ3v) is 2.38. The van der Waals surface area contributed by atoms with E-state index in [2.05, 4.69) is 11.8 Å². The second-order valence-corrected chi connectivity index (χ2v) is 3.91. The normalized spacial score (nSPS) is 9.95. The van der Waals surface area contributed by atoms with Gasteiger partial charge in [-0.3, -0.25) is 0 Å². The third-order valence-electron chi connectivity index (χ3n) is 2.38. The predicted octanol–water partition coefficient (Wildman–Crippen LogP) is 1.60. The summed E-state index contributed by atoms with van der Waals surface area (Å²) in [6.45, 7) is 1.87. The average molecular weight is 282 g/mol. The summed E-state index contributed by atoms with van der Waals surface area (Å²) in [4.78, 5) is 0. The number of aliphatic hydroxyl groups is 1. The van der Waals surface area contributed by atoms with Crippen molar-refractivity contribution in [3.63, 3.8) is 0 Å². The zero-order chi connectivity index (χ0) is 14.6. The first-order chi connectivity index (χ1) is 9.77. The molecule has 4 nitrogen and oxygen atoms in total. The van der Waals surface area contributed by atoms with Gasteiger partial charge in [-0.15, -0.1) is 0 Å². The second-order valence-electron chi connectivity index (χ2n) is 3.91. The van der Waals surface area contributed by atoms with E-state index in [9.17, 15) is 4.39 Å². The van der Waals surface area contributed by atoms with Crippen LogP contribution in [0.3, 0.4) is 0 Å². The summed E-state index contributed by atoms with van der Waals surface area (Å²) in [6.07, 6.45) is 0.720. The van der Waals surface area contributed by atoms with Crippen LogP contribution < -0.4 is 4.74 Å². The van der Waals surface area contributed by atoms with Gasteiger partial charge < -0.3 is 19.3 Å². The zero-order valence-electron chi connectivity index (χ0n) is 11.5. The highest BCUT2D eigenvalue weighted by Gasteiger charge is 2.02. The summed E-state index contributed by atoms with van der Waals surface area (Å²) >= 11 is 0. The van der Waals surface area contributed by atoms with E-state index in [1.165, 1.54) is 12.1 Å². The Morgan fingerprint density at radius 1 is 1.20 bits per heavy atom. The molecule has 0 heterocycles. The molecule has 0 aliphatic rings. The fourth-order valence-electron chi connectivity index (χ4n) is 1.42. The van der Waals surface area contributed by atoms with Crippen molar-refractivity contribution in [3.05, 3.63) is 29.6 Å². The lowest BCUT2D eigenvalue weighted by molar-refractivity contribution is 0.0644. The van der Waals surface area contributed by atoms with Gasteiger partial charge in [0.05, 0.1) is 25.4 Å². The molecule has 0 aliphatic carbocycles. The van der Waals surface area contributed by atoms with Gasteiger partial charge in [-0.1, -0.05) is 11.8 Å². The van der Waals surface area contributed by atoms with Gasteiger partial charge in [-0.05, 0) is 12.1 Å². The van der Waals surface area contributed by atoms with Crippen LogP contribution in [0.4, 0.5) is 4.39 Å². The van der Waals surface area contributed by atoms with Gasteiger partial charge in [0.15, 0.2) is 0 Å². The first-order valence-corrected chi connectivity index (χ1v) is 6.36.